The Kier molecular flexibility index (Phi) is 7.02. The summed E-state index contributed by atoms with van der Waals surface area (Å²) in [6.07, 6.45) is 4.85. The van der Waals surface area contributed by atoms with Crippen molar-refractivity contribution in [1.29, 1.82) is 0 Å². The van der Waals surface area contributed by atoms with Gasteiger partial charge in [0.05, 0.1) is 0 Å². The standard InChI is InChI=1S/C18H17.C13H15.C2H7Si.2ClH.Zr/c1-12-9-16-11-13(2)14(3)18(17(16)10-12)15-7-5-4-6-8-15;1-9(2)12-7-11-6-4-5-10(3)13(11)8-12;1-3-2;;;/h4-11H,1-3H3;4-9H,1-3H3;3H,1-2H3;2*1H;/q;;;;;+2/p-2. The Morgan fingerprint density at radius 2 is 1.49 bits per heavy atom. The zero-order chi connectivity index (χ0) is 26.9. The quantitative estimate of drug-likeness (QED) is 0.248. The second-order valence-corrected chi connectivity index (χ2v) is 54.6. The number of allylic oxidation sites excluding steroid dienone is 2. The number of benzene rings is 3. The van der Waals surface area contributed by atoms with Crippen molar-refractivity contribution in [3.63, 3.8) is 0 Å². The van der Waals surface area contributed by atoms with Crippen LogP contribution in [0, 0.1) is 26.7 Å². The molecule has 3 aromatic carbocycles. The minimum absolute atomic E-state index is 0.130. The van der Waals surface area contributed by atoms with E-state index in [-0.39, 0.29) is 7.25 Å². The van der Waals surface area contributed by atoms with Crippen LogP contribution in [-0.2, 0) is 15.6 Å². The second-order valence-electron chi connectivity index (χ2n) is 12.1. The van der Waals surface area contributed by atoms with E-state index in [1.165, 1.54) is 61.2 Å². The topological polar surface area (TPSA) is 0 Å². The van der Waals surface area contributed by atoms with E-state index in [4.69, 9.17) is 17.0 Å². The van der Waals surface area contributed by atoms with Crippen LogP contribution in [-0.4, -0.2) is 5.92 Å². The van der Waals surface area contributed by atoms with Gasteiger partial charge in [0.1, 0.15) is 0 Å². The molecule has 0 nitrogen and oxygen atoms in total. The predicted molar refractivity (Wildman–Crippen MR) is 165 cm³/mol. The second kappa shape index (κ2) is 9.48. The third kappa shape index (κ3) is 4.00. The number of halogens is 2. The monoisotopic (exact) mass is 623 g/mol. The molecule has 0 amide bonds. The van der Waals surface area contributed by atoms with Crippen LogP contribution in [0.15, 0.2) is 65.7 Å². The molecule has 3 aromatic rings. The van der Waals surface area contributed by atoms with Gasteiger partial charge in [0.25, 0.3) is 0 Å². The molecule has 5 rings (SSSR count). The fourth-order valence-electron chi connectivity index (χ4n) is 7.20. The van der Waals surface area contributed by atoms with Crippen LogP contribution in [0.25, 0.3) is 23.3 Å². The third-order valence-electron chi connectivity index (χ3n) is 9.29. The van der Waals surface area contributed by atoms with Gasteiger partial charge in [-0.3, -0.25) is 0 Å². The fraction of sp³-hybridized carbons (Fsp3) is 0.333. The molecule has 0 heterocycles. The predicted octanol–water partition coefficient (Wildman–Crippen LogP) is 10.5. The first-order valence-electron chi connectivity index (χ1n) is 13.6. The number of hydrogen-bond acceptors (Lipinski definition) is 0. The Morgan fingerprint density at radius 3 is 2.11 bits per heavy atom. The van der Waals surface area contributed by atoms with E-state index in [1.54, 1.807) is 0 Å². The van der Waals surface area contributed by atoms with Crippen molar-refractivity contribution in [2.24, 2.45) is 5.92 Å². The summed E-state index contributed by atoms with van der Waals surface area (Å²) >= 11 is -4.66. The molecule has 193 valence electrons. The van der Waals surface area contributed by atoms with Gasteiger partial charge in [-0.2, -0.15) is 0 Å². The molecule has 0 radical (unpaired) electrons. The summed E-state index contributed by atoms with van der Waals surface area (Å²) < 4.78 is 0.291. The molecule has 0 bridgehead atoms. The normalized spacial score (nSPS) is 19.9. The molecule has 0 aromatic heterocycles. The molecule has 2 aliphatic carbocycles. The van der Waals surface area contributed by atoms with Gasteiger partial charge >= 0.3 is 234 Å². The van der Waals surface area contributed by atoms with Gasteiger partial charge in [0, 0.05) is 0 Å². The number of aryl methyl sites for hydroxylation is 2. The summed E-state index contributed by atoms with van der Waals surface area (Å²) in [5.74, 6) is -1.13. The maximum atomic E-state index is 8.45. The summed E-state index contributed by atoms with van der Waals surface area (Å²) in [5, 5.41) is 0. The average molecular weight is 626 g/mol. The van der Waals surface area contributed by atoms with E-state index >= 15 is 0 Å². The van der Waals surface area contributed by atoms with Crippen molar-refractivity contribution in [2.75, 3.05) is 0 Å². The first-order chi connectivity index (χ1) is 17.4. The fourth-order valence-corrected chi connectivity index (χ4v) is 39.4. The number of rotatable bonds is 5. The molecule has 0 N–H and O–H groups in total. The Morgan fingerprint density at radius 1 is 0.811 bits per heavy atom. The molecule has 0 saturated carbocycles. The van der Waals surface area contributed by atoms with Gasteiger partial charge in [-0.05, 0) is 0 Å². The summed E-state index contributed by atoms with van der Waals surface area (Å²) in [6, 6.07) is 20.0. The SMILES string of the molecule is CC1=Cc2c(cc(C)c(C)c2-c2ccccc2)[CH]1[Zr]([Cl])([Cl])([CH]1C(C(C)C)=Cc2cccc(C)c21)[SiH](C)C. The van der Waals surface area contributed by atoms with Gasteiger partial charge in [-0.15, -0.1) is 0 Å². The zero-order valence-corrected chi connectivity index (χ0v) is 28.5. The molecular formula is C33H39Cl2SiZr. The molecule has 37 heavy (non-hydrogen) atoms. The first-order valence-corrected chi connectivity index (χ1v) is 29.9. The minimum atomic E-state index is -4.66. The van der Waals surface area contributed by atoms with Crippen molar-refractivity contribution in [3.05, 3.63) is 105 Å². The van der Waals surface area contributed by atoms with Crippen LogP contribution < -0.4 is 0 Å². The summed E-state index contributed by atoms with van der Waals surface area (Å²) in [4.78, 5) is 0. The summed E-state index contributed by atoms with van der Waals surface area (Å²) in [6.45, 7) is 18.6. The average Bonchev–Trinajstić information content (AvgIpc) is 3.40. The molecule has 0 saturated heterocycles. The summed E-state index contributed by atoms with van der Waals surface area (Å²) in [7, 11) is 16.9. The molecular weight excluding hydrogens is 587 g/mol. The van der Waals surface area contributed by atoms with Crippen LogP contribution in [0.3, 0.4) is 0 Å². The van der Waals surface area contributed by atoms with Crippen molar-refractivity contribution in [2.45, 2.75) is 61.9 Å². The van der Waals surface area contributed by atoms with E-state index < -0.39 is 21.5 Å². The van der Waals surface area contributed by atoms with E-state index in [0.29, 0.717) is 5.92 Å². The molecule has 2 atom stereocenters. The van der Waals surface area contributed by atoms with Crippen LogP contribution in [0.1, 0.15) is 67.0 Å². The Balaban J connectivity index is 1.83. The molecule has 2 unspecified atom stereocenters. The van der Waals surface area contributed by atoms with Crippen LogP contribution >= 0.6 is 17.0 Å². The van der Waals surface area contributed by atoms with Gasteiger partial charge in [-0.1, -0.05) is 0 Å². The van der Waals surface area contributed by atoms with Crippen LogP contribution in [0.2, 0.25) is 13.1 Å². The molecule has 2 aliphatic rings. The Hall–Kier alpha value is -1.18. The van der Waals surface area contributed by atoms with Crippen LogP contribution in [0.4, 0.5) is 0 Å². The molecule has 0 spiro atoms. The molecule has 0 aliphatic heterocycles. The molecule has 0 fully saturated rings. The van der Waals surface area contributed by atoms with Crippen molar-refractivity contribution in [1.82, 2.24) is 0 Å². The van der Waals surface area contributed by atoms with E-state index in [2.05, 4.69) is 121 Å². The van der Waals surface area contributed by atoms with E-state index in [9.17, 15) is 0 Å². The Labute approximate surface area is 232 Å². The van der Waals surface area contributed by atoms with Gasteiger partial charge in [-0.25, -0.2) is 0 Å². The van der Waals surface area contributed by atoms with Gasteiger partial charge in [0.2, 0.25) is 0 Å². The molecule has 4 heteroatoms. The number of fused-ring (bicyclic) bond motifs is 2. The van der Waals surface area contributed by atoms with E-state index in [1.807, 2.05) is 0 Å². The van der Waals surface area contributed by atoms with Crippen molar-refractivity contribution < 1.29 is 15.6 Å². The van der Waals surface area contributed by atoms with Crippen molar-refractivity contribution in [3.8, 4) is 11.1 Å². The Bertz CT molecular complexity index is 1460. The van der Waals surface area contributed by atoms with Gasteiger partial charge in [0.15, 0.2) is 0 Å². The zero-order valence-electron chi connectivity index (χ0n) is 23.4. The summed E-state index contributed by atoms with van der Waals surface area (Å²) in [5.41, 5.74) is 14.9. The first kappa shape index (κ1) is 27.4. The van der Waals surface area contributed by atoms with E-state index in [0.717, 1.165) is 0 Å². The van der Waals surface area contributed by atoms with Crippen LogP contribution in [0.5, 0.6) is 0 Å². The maximum absolute atomic E-state index is 8.45. The van der Waals surface area contributed by atoms with Crippen molar-refractivity contribution >= 4 is 35.1 Å². The number of hydrogen-bond donors (Lipinski definition) is 0. The van der Waals surface area contributed by atoms with Gasteiger partial charge < -0.3 is 0 Å². The third-order valence-corrected chi connectivity index (χ3v) is 61.2.